The van der Waals surface area contributed by atoms with Crippen LogP contribution in [-0.2, 0) is 16.0 Å². The quantitative estimate of drug-likeness (QED) is 0.606. The minimum Gasteiger partial charge on any atom is -0.480 e. The number of nitrogens with zero attached hydrogens (tertiary/aromatic N) is 2. The van der Waals surface area contributed by atoms with E-state index in [-0.39, 0.29) is 18.9 Å². The Hall–Kier alpha value is -3.68. The second kappa shape index (κ2) is 7.51. The number of alkyl carbamates (subject to hydrolysis) is 1. The van der Waals surface area contributed by atoms with E-state index >= 15 is 0 Å². The summed E-state index contributed by atoms with van der Waals surface area (Å²) in [7, 11) is 0. The summed E-state index contributed by atoms with van der Waals surface area (Å²) in [5.41, 5.74) is 4.87. The van der Waals surface area contributed by atoms with Crippen LogP contribution in [0.4, 0.5) is 4.79 Å². The highest BCUT2D eigenvalue weighted by Gasteiger charge is 2.29. The van der Waals surface area contributed by atoms with Crippen molar-refractivity contribution in [1.82, 2.24) is 20.7 Å². The van der Waals surface area contributed by atoms with Gasteiger partial charge in [-0.25, -0.2) is 9.59 Å². The smallest absolute Gasteiger partial charge is 0.407 e. The van der Waals surface area contributed by atoms with Crippen LogP contribution in [0.15, 0.2) is 54.7 Å². The molecule has 0 radical (unpaired) electrons. The largest absolute Gasteiger partial charge is 0.480 e. The molecule has 8 heteroatoms. The number of hydrogen-bond donors (Lipinski definition) is 3. The topological polar surface area (TPSA) is 117 Å². The number of rotatable bonds is 6. The monoisotopic (exact) mass is 378 g/mol. The maximum atomic E-state index is 12.2. The van der Waals surface area contributed by atoms with E-state index in [1.807, 2.05) is 48.5 Å². The van der Waals surface area contributed by atoms with Crippen LogP contribution in [0, 0.1) is 0 Å². The molecule has 0 fully saturated rings. The predicted molar refractivity (Wildman–Crippen MR) is 99.7 cm³/mol. The predicted octanol–water partition coefficient (Wildman–Crippen LogP) is 2.34. The number of carboxylic acids is 1. The fraction of sp³-hybridized carbons (Fsp3) is 0.200. The van der Waals surface area contributed by atoms with Gasteiger partial charge in [0.1, 0.15) is 12.6 Å². The Morgan fingerprint density at radius 2 is 1.75 bits per heavy atom. The fourth-order valence-electron chi connectivity index (χ4n) is 3.52. The maximum absolute atomic E-state index is 12.2. The van der Waals surface area contributed by atoms with Crippen molar-refractivity contribution >= 4 is 12.1 Å². The Bertz CT molecular complexity index is 957. The number of aliphatic carboxylic acids is 1. The average molecular weight is 378 g/mol. The number of amides is 1. The summed E-state index contributed by atoms with van der Waals surface area (Å²) >= 11 is 0. The molecule has 0 bridgehead atoms. The van der Waals surface area contributed by atoms with Gasteiger partial charge in [-0.05, 0) is 22.3 Å². The minimum atomic E-state index is -1.17. The van der Waals surface area contributed by atoms with Crippen molar-refractivity contribution in [2.75, 3.05) is 6.61 Å². The van der Waals surface area contributed by atoms with Crippen LogP contribution in [0.2, 0.25) is 0 Å². The van der Waals surface area contributed by atoms with Crippen molar-refractivity contribution in [3.05, 3.63) is 71.5 Å². The molecule has 1 heterocycles. The molecule has 142 valence electrons. The number of aromatic amines is 1. The van der Waals surface area contributed by atoms with E-state index in [1.165, 1.54) is 6.20 Å². The van der Waals surface area contributed by atoms with E-state index in [1.54, 1.807) is 0 Å². The summed E-state index contributed by atoms with van der Waals surface area (Å²) in [6, 6.07) is 14.9. The van der Waals surface area contributed by atoms with Crippen molar-refractivity contribution in [3.8, 4) is 11.1 Å². The highest BCUT2D eigenvalue weighted by Crippen LogP contribution is 2.44. The van der Waals surface area contributed by atoms with Crippen molar-refractivity contribution in [3.63, 3.8) is 0 Å². The van der Waals surface area contributed by atoms with Gasteiger partial charge in [0.15, 0.2) is 0 Å². The number of nitrogens with one attached hydrogen (secondary N) is 2. The first-order valence-corrected chi connectivity index (χ1v) is 8.83. The lowest BCUT2D eigenvalue weighted by molar-refractivity contribution is -0.139. The van der Waals surface area contributed by atoms with E-state index in [9.17, 15) is 14.7 Å². The third-order valence-corrected chi connectivity index (χ3v) is 4.81. The Kier molecular flexibility index (Phi) is 4.76. The van der Waals surface area contributed by atoms with Gasteiger partial charge in [-0.1, -0.05) is 53.7 Å². The standard InChI is InChI=1S/C20H18N4O4/c25-19(26)18(9-12-10-21-24-23-12)22-20(27)28-11-17-15-7-3-1-5-13(15)14-6-2-4-8-16(14)17/h1-8,10,17-18H,9,11H2,(H,22,27)(H,25,26)(H,21,23,24)/t18-/m0/s1. The van der Waals surface area contributed by atoms with Crippen molar-refractivity contribution < 1.29 is 19.4 Å². The first-order valence-electron chi connectivity index (χ1n) is 8.83. The second-order valence-electron chi connectivity index (χ2n) is 6.53. The number of aromatic nitrogens is 3. The molecule has 0 saturated carbocycles. The first kappa shape index (κ1) is 17.7. The Morgan fingerprint density at radius 1 is 1.11 bits per heavy atom. The van der Waals surface area contributed by atoms with E-state index < -0.39 is 18.1 Å². The van der Waals surface area contributed by atoms with Gasteiger partial charge in [0, 0.05) is 18.5 Å². The molecule has 3 N–H and O–H groups in total. The number of hydrogen-bond acceptors (Lipinski definition) is 5. The molecule has 3 aromatic rings. The van der Waals surface area contributed by atoms with Crippen molar-refractivity contribution in [2.45, 2.75) is 18.4 Å². The molecule has 1 aliphatic carbocycles. The van der Waals surface area contributed by atoms with Crippen LogP contribution in [0.5, 0.6) is 0 Å². The molecule has 0 spiro atoms. The molecule has 0 saturated heterocycles. The normalized spacial score (nSPS) is 13.4. The number of H-pyrrole nitrogens is 1. The molecule has 0 aliphatic heterocycles. The molecule has 1 aliphatic rings. The number of ether oxygens (including phenoxy) is 1. The van der Waals surface area contributed by atoms with Crippen LogP contribution in [-0.4, -0.2) is 45.2 Å². The minimum absolute atomic E-state index is 0.00995. The van der Waals surface area contributed by atoms with E-state index in [4.69, 9.17) is 4.74 Å². The second-order valence-corrected chi connectivity index (χ2v) is 6.53. The number of carboxylic acid groups (broad SMARTS) is 1. The van der Waals surface area contributed by atoms with Crippen LogP contribution >= 0.6 is 0 Å². The number of fused-ring (bicyclic) bond motifs is 3. The van der Waals surface area contributed by atoms with E-state index in [0.29, 0.717) is 5.69 Å². The van der Waals surface area contributed by atoms with Gasteiger partial charge in [-0.2, -0.15) is 0 Å². The third kappa shape index (κ3) is 3.44. The molecular formula is C20H18N4O4. The van der Waals surface area contributed by atoms with Gasteiger partial charge in [0.2, 0.25) is 0 Å². The molecule has 4 rings (SSSR count). The Morgan fingerprint density at radius 3 is 2.32 bits per heavy atom. The number of carbonyl (C=O) groups is 2. The molecule has 8 nitrogen and oxygen atoms in total. The molecule has 1 amide bonds. The number of carbonyl (C=O) groups excluding carboxylic acids is 1. The van der Waals surface area contributed by atoms with Crippen LogP contribution < -0.4 is 5.32 Å². The van der Waals surface area contributed by atoms with E-state index in [2.05, 4.69) is 20.7 Å². The van der Waals surface area contributed by atoms with Gasteiger partial charge in [0.25, 0.3) is 0 Å². The summed E-state index contributed by atoms with van der Waals surface area (Å²) in [6.45, 7) is 0.121. The highest BCUT2D eigenvalue weighted by molar-refractivity contribution is 5.81. The molecule has 1 atom stereocenters. The highest BCUT2D eigenvalue weighted by atomic mass is 16.5. The fourth-order valence-corrected chi connectivity index (χ4v) is 3.52. The van der Waals surface area contributed by atoms with E-state index in [0.717, 1.165) is 22.3 Å². The summed E-state index contributed by atoms with van der Waals surface area (Å²) < 4.78 is 5.38. The Balaban J connectivity index is 1.44. The van der Waals surface area contributed by atoms with Gasteiger partial charge >= 0.3 is 12.1 Å². The van der Waals surface area contributed by atoms with Gasteiger partial charge in [0.05, 0.1) is 5.69 Å². The summed E-state index contributed by atoms with van der Waals surface area (Å²) in [5.74, 6) is -1.26. The zero-order chi connectivity index (χ0) is 19.5. The SMILES string of the molecule is O=C(N[C@@H](Cc1c[nH]nn1)C(=O)O)OCC1c2ccccc2-c2ccccc21. The maximum Gasteiger partial charge on any atom is 0.407 e. The lowest BCUT2D eigenvalue weighted by Crippen LogP contribution is -2.43. The lowest BCUT2D eigenvalue weighted by Gasteiger charge is -2.17. The first-order chi connectivity index (χ1) is 13.6. The molecule has 0 unspecified atom stereocenters. The molecule has 2 aromatic carbocycles. The average Bonchev–Trinajstić information content (AvgIpc) is 3.32. The van der Waals surface area contributed by atoms with Gasteiger partial charge in [-0.3, -0.25) is 5.10 Å². The van der Waals surface area contributed by atoms with Crippen LogP contribution in [0.25, 0.3) is 11.1 Å². The third-order valence-electron chi connectivity index (χ3n) is 4.81. The zero-order valence-electron chi connectivity index (χ0n) is 14.8. The van der Waals surface area contributed by atoms with Crippen LogP contribution in [0.3, 0.4) is 0 Å². The number of benzene rings is 2. The van der Waals surface area contributed by atoms with Crippen molar-refractivity contribution in [2.24, 2.45) is 0 Å². The van der Waals surface area contributed by atoms with Gasteiger partial charge in [-0.15, -0.1) is 5.10 Å². The Labute approximate surface area is 160 Å². The summed E-state index contributed by atoms with van der Waals surface area (Å²) in [4.78, 5) is 23.6. The molecule has 28 heavy (non-hydrogen) atoms. The van der Waals surface area contributed by atoms with Crippen molar-refractivity contribution in [1.29, 1.82) is 0 Å². The van der Waals surface area contributed by atoms with Crippen LogP contribution in [0.1, 0.15) is 22.7 Å². The molecule has 1 aromatic heterocycles. The van der Waals surface area contributed by atoms with Gasteiger partial charge < -0.3 is 15.2 Å². The zero-order valence-corrected chi connectivity index (χ0v) is 14.8. The summed E-state index contributed by atoms with van der Waals surface area (Å²) in [6.07, 6.45) is 0.712. The lowest BCUT2D eigenvalue weighted by atomic mass is 9.98. The molecular weight excluding hydrogens is 360 g/mol. The summed E-state index contributed by atoms with van der Waals surface area (Å²) in [5, 5.41) is 21.5.